The Labute approximate surface area is 93.2 Å². The molecule has 0 bridgehead atoms. The highest BCUT2D eigenvalue weighted by Crippen LogP contribution is 2.12. The molecule has 1 N–H and O–H groups in total. The van der Waals surface area contributed by atoms with E-state index >= 15 is 0 Å². The third-order valence-electron chi connectivity index (χ3n) is 1.83. The lowest BCUT2D eigenvalue weighted by Crippen LogP contribution is -2.08. The Morgan fingerprint density at radius 2 is 1.94 bits per heavy atom. The molecule has 1 aromatic carbocycles. The zero-order valence-electron chi connectivity index (χ0n) is 8.84. The molecule has 0 aliphatic heterocycles. The fourth-order valence-corrected chi connectivity index (χ4v) is 1.09. The van der Waals surface area contributed by atoms with Crippen molar-refractivity contribution in [3.63, 3.8) is 0 Å². The second kappa shape index (κ2) is 5.70. The van der Waals surface area contributed by atoms with Gasteiger partial charge in [-0.3, -0.25) is 4.79 Å². The predicted octanol–water partition coefficient (Wildman–Crippen LogP) is 1.75. The van der Waals surface area contributed by atoms with Crippen molar-refractivity contribution in [3.05, 3.63) is 35.9 Å². The molecule has 1 aromatic rings. The topological polar surface area (TPSA) is 63.6 Å². The van der Waals surface area contributed by atoms with Crippen LogP contribution < -0.4 is 4.74 Å². The van der Waals surface area contributed by atoms with E-state index in [4.69, 9.17) is 9.84 Å². The predicted molar refractivity (Wildman–Crippen MR) is 59.3 cm³/mol. The maximum Gasteiger partial charge on any atom is 0.376 e. The molecule has 0 unspecified atom stereocenters. The molecular formula is C12H12O4. The van der Waals surface area contributed by atoms with E-state index in [1.807, 2.05) is 6.92 Å². The van der Waals surface area contributed by atoms with E-state index in [9.17, 15) is 9.59 Å². The lowest BCUT2D eigenvalue weighted by atomic mass is 10.2. The van der Waals surface area contributed by atoms with Crippen LogP contribution in [0, 0.1) is 0 Å². The first-order chi connectivity index (χ1) is 7.63. The first-order valence-corrected chi connectivity index (χ1v) is 4.81. The Balaban J connectivity index is 2.68. The summed E-state index contributed by atoms with van der Waals surface area (Å²) in [5.41, 5.74) is 0.748. The van der Waals surface area contributed by atoms with Gasteiger partial charge in [0.05, 0.1) is 6.61 Å². The van der Waals surface area contributed by atoms with E-state index in [1.165, 1.54) is 6.08 Å². The zero-order valence-corrected chi connectivity index (χ0v) is 8.84. The van der Waals surface area contributed by atoms with Crippen molar-refractivity contribution in [2.45, 2.75) is 6.92 Å². The second-order valence-corrected chi connectivity index (χ2v) is 3.00. The van der Waals surface area contributed by atoms with Gasteiger partial charge in [-0.15, -0.1) is 0 Å². The summed E-state index contributed by atoms with van der Waals surface area (Å²) in [5, 5.41) is 8.35. The number of ether oxygens (including phenoxy) is 1. The summed E-state index contributed by atoms with van der Waals surface area (Å²) >= 11 is 0. The first kappa shape index (κ1) is 12.0. The molecule has 0 saturated carbocycles. The van der Waals surface area contributed by atoms with Gasteiger partial charge in [0.1, 0.15) is 5.75 Å². The van der Waals surface area contributed by atoms with E-state index in [-0.39, 0.29) is 0 Å². The fraction of sp³-hybridized carbons (Fsp3) is 0.167. The van der Waals surface area contributed by atoms with Gasteiger partial charge in [-0.2, -0.15) is 0 Å². The third kappa shape index (κ3) is 3.57. The number of carbonyl (C=O) groups excluding carboxylic acids is 1. The van der Waals surface area contributed by atoms with Gasteiger partial charge in [0.25, 0.3) is 5.78 Å². The van der Waals surface area contributed by atoms with Crippen molar-refractivity contribution >= 4 is 17.8 Å². The lowest BCUT2D eigenvalue weighted by Gasteiger charge is -2.01. The van der Waals surface area contributed by atoms with Gasteiger partial charge < -0.3 is 9.84 Å². The van der Waals surface area contributed by atoms with Crippen LogP contribution in [0.5, 0.6) is 5.75 Å². The van der Waals surface area contributed by atoms with Crippen molar-refractivity contribution < 1.29 is 19.4 Å². The zero-order chi connectivity index (χ0) is 12.0. The summed E-state index contributed by atoms with van der Waals surface area (Å²) < 4.78 is 5.24. The number of carbonyl (C=O) groups is 2. The van der Waals surface area contributed by atoms with Crippen LogP contribution in [-0.4, -0.2) is 23.5 Å². The number of rotatable bonds is 5. The van der Waals surface area contributed by atoms with E-state index in [0.717, 1.165) is 17.4 Å². The van der Waals surface area contributed by atoms with E-state index < -0.39 is 11.8 Å². The Hall–Kier alpha value is -2.10. The van der Waals surface area contributed by atoms with Crippen molar-refractivity contribution in [2.75, 3.05) is 6.61 Å². The van der Waals surface area contributed by atoms with Gasteiger partial charge in [-0.05, 0) is 30.7 Å². The standard InChI is InChI=1S/C12H12O4/c1-2-16-10-6-3-9(4-7-10)5-8-11(13)12(14)15/h3-8H,2H2,1H3,(H,14,15)/b8-5+. The molecule has 0 saturated heterocycles. The highest BCUT2D eigenvalue weighted by Gasteiger charge is 2.05. The maximum absolute atomic E-state index is 10.8. The van der Waals surface area contributed by atoms with Gasteiger partial charge in [0.2, 0.25) is 0 Å². The molecule has 16 heavy (non-hydrogen) atoms. The van der Waals surface area contributed by atoms with Gasteiger partial charge in [0, 0.05) is 0 Å². The number of aliphatic carboxylic acids is 1. The van der Waals surface area contributed by atoms with Crippen LogP contribution in [0.1, 0.15) is 12.5 Å². The Bertz CT molecular complexity index is 404. The first-order valence-electron chi connectivity index (χ1n) is 4.81. The quantitative estimate of drug-likeness (QED) is 0.606. The summed E-state index contributed by atoms with van der Waals surface area (Å²) in [6.45, 7) is 2.48. The summed E-state index contributed by atoms with van der Waals surface area (Å²) in [6.07, 6.45) is 2.48. The second-order valence-electron chi connectivity index (χ2n) is 3.00. The molecule has 0 radical (unpaired) electrons. The van der Waals surface area contributed by atoms with Crippen LogP contribution in [0.3, 0.4) is 0 Å². The number of ketones is 1. The van der Waals surface area contributed by atoms with Gasteiger partial charge in [0.15, 0.2) is 0 Å². The minimum atomic E-state index is -1.46. The fourth-order valence-electron chi connectivity index (χ4n) is 1.09. The Kier molecular flexibility index (Phi) is 4.27. The van der Waals surface area contributed by atoms with Crippen LogP contribution in [0.25, 0.3) is 6.08 Å². The molecule has 0 aromatic heterocycles. The molecule has 0 atom stereocenters. The SMILES string of the molecule is CCOc1ccc(/C=C/C(=O)C(=O)O)cc1. The van der Waals surface area contributed by atoms with Crippen molar-refractivity contribution in [3.8, 4) is 5.75 Å². The molecule has 0 aliphatic carbocycles. The van der Waals surface area contributed by atoms with Crippen LogP contribution in [0.15, 0.2) is 30.3 Å². The minimum Gasteiger partial charge on any atom is -0.494 e. The molecule has 4 nitrogen and oxygen atoms in total. The average molecular weight is 220 g/mol. The summed E-state index contributed by atoms with van der Waals surface area (Å²) in [7, 11) is 0. The number of hydrogen-bond acceptors (Lipinski definition) is 3. The summed E-state index contributed by atoms with van der Waals surface area (Å²) in [6, 6.07) is 7.01. The number of carboxylic acids is 1. The van der Waals surface area contributed by atoms with Gasteiger partial charge in [-0.1, -0.05) is 18.2 Å². The van der Waals surface area contributed by atoms with Gasteiger partial charge in [-0.25, -0.2) is 4.79 Å². The molecule has 0 heterocycles. The molecule has 0 fully saturated rings. The Morgan fingerprint density at radius 1 is 1.31 bits per heavy atom. The number of hydrogen-bond donors (Lipinski definition) is 1. The van der Waals surface area contributed by atoms with Crippen molar-refractivity contribution in [1.82, 2.24) is 0 Å². The average Bonchev–Trinajstić information content (AvgIpc) is 2.28. The molecule has 0 aliphatic rings. The minimum absolute atomic E-state index is 0.590. The lowest BCUT2D eigenvalue weighted by molar-refractivity contribution is -0.146. The van der Waals surface area contributed by atoms with Crippen LogP contribution in [0.4, 0.5) is 0 Å². The largest absolute Gasteiger partial charge is 0.494 e. The Morgan fingerprint density at radius 3 is 2.44 bits per heavy atom. The highest BCUT2D eigenvalue weighted by molar-refractivity contribution is 6.38. The molecule has 0 amide bonds. The highest BCUT2D eigenvalue weighted by atomic mass is 16.5. The van der Waals surface area contributed by atoms with Crippen LogP contribution in [-0.2, 0) is 9.59 Å². The smallest absolute Gasteiger partial charge is 0.376 e. The number of benzene rings is 1. The monoisotopic (exact) mass is 220 g/mol. The van der Waals surface area contributed by atoms with Crippen molar-refractivity contribution in [1.29, 1.82) is 0 Å². The van der Waals surface area contributed by atoms with E-state index in [1.54, 1.807) is 24.3 Å². The number of carboxylic acid groups (broad SMARTS) is 1. The van der Waals surface area contributed by atoms with E-state index in [2.05, 4.69) is 0 Å². The molecule has 0 spiro atoms. The molecular weight excluding hydrogens is 208 g/mol. The van der Waals surface area contributed by atoms with Gasteiger partial charge >= 0.3 is 5.97 Å². The van der Waals surface area contributed by atoms with Crippen molar-refractivity contribution in [2.24, 2.45) is 0 Å². The third-order valence-corrected chi connectivity index (χ3v) is 1.83. The maximum atomic E-state index is 10.8. The summed E-state index contributed by atoms with van der Waals surface area (Å²) in [4.78, 5) is 21.0. The van der Waals surface area contributed by atoms with Crippen LogP contribution in [0.2, 0.25) is 0 Å². The normalized spacial score (nSPS) is 10.3. The van der Waals surface area contributed by atoms with Crippen LogP contribution >= 0.6 is 0 Å². The summed E-state index contributed by atoms with van der Waals surface area (Å²) in [5.74, 6) is -1.65. The molecule has 1 rings (SSSR count). The molecule has 4 heteroatoms. The molecule has 84 valence electrons. The van der Waals surface area contributed by atoms with E-state index in [0.29, 0.717) is 6.61 Å².